The molecule has 1 unspecified atom stereocenters. The number of carbonyl (C=O) groups is 1. The highest BCUT2D eigenvalue weighted by molar-refractivity contribution is 7.89. The molecule has 0 saturated heterocycles. The third kappa shape index (κ3) is 4.89. The van der Waals surface area contributed by atoms with Crippen LogP contribution in [-0.2, 0) is 38.8 Å². The number of hydrogen-bond donors (Lipinski definition) is 1. The molecule has 0 saturated carbocycles. The van der Waals surface area contributed by atoms with Crippen molar-refractivity contribution in [1.82, 2.24) is 4.72 Å². The lowest BCUT2D eigenvalue weighted by Crippen LogP contribution is -2.39. The fourth-order valence-corrected chi connectivity index (χ4v) is 4.86. The van der Waals surface area contributed by atoms with Gasteiger partial charge >= 0.3 is 5.97 Å². The molecule has 0 heterocycles. The second-order valence-corrected chi connectivity index (χ2v) is 8.80. The fourth-order valence-electron chi connectivity index (χ4n) is 3.46. The van der Waals surface area contributed by atoms with E-state index in [4.69, 9.17) is 16.3 Å². The van der Waals surface area contributed by atoms with Crippen molar-refractivity contribution in [3.63, 3.8) is 0 Å². The van der Waals surface area contributed by atoms with Gasteiger partial charge in [0.1, 0.15) is 0 Å². The highest BCUT2D eigenvalue weighted by atomic mass is 35.5. The number of methoxy groups -OCH3 is 1. The van der Waals surface area contributed by atoms with E-state index in [0.717, 1.165) is 24.0 Å². The van der Waals surface area contributed by atoms with Crippen LogP contribution < -0.4 is 4.72 Å². The maximum Gasteiger partial charge on any atom is 0.305 e. The number of fused-ring (bicyclic) bond motifs is 1. The third-order valence-corrected chi connectivity index (χ3v) is 6.64. The molecule has 1 aliphatic rings. The molecule has 0 fully saturated rings. The van der Waals surface area contributed by atoms with Crippen molar-refractivity contribution < 1.29 is 17.9 Å². The SMILES string of the molecule is COC(=O)CCc1cccc2c1CCC(NS(=O)(=O)c1ccc(Cl)cc1)C2. The lowest BCUT2D eigenvalue weighted by atomic mass is 9.85. The van der Waals surface area contributed by atoms with Crippen molar-refractivity contribution in [2.75, 3.05) is 7.11 Å². The summed E-state index contributed by atoms with van der Waals surface area (Å²) in [6, 6.07) is 12.0. The van der Waals surface area contributed by atoms with Gasteiger partial charge in [0.25, 0.3) is 0 Å². The number of nitrogens with one attached hydrogen (secondary N) is 1. The van der Waals surface area contributed by atoms with Crippen LogP contribution in [0.4, 0.5) is 0 Å². The summed E-state index contributed by atoms with van der Waals surface area (Å²) in [6.07, 6.45) is 3.11. The Balaban J connectivity index is 1.71. The average molecular weight is 408 g/mol. The van der Waals surface area contributed by atoms with E-state index in [1.807, 2.05) is 18.2 Å². The number of halogens is 1. The summed E-state index contributed by atoms with van der Waals surface area (Å²) in [5.74, 6) is -0.225. The second kappa shape index (κ2) is 8.42. The van der Waals surface area contributed by atoms with Gasteiger partial charge < -0.3 is 4.74 Å². The van der Waals surface area contributed by atoms with E-state index in [1.165, 1.54) is 24.8 Å². The minimum absolute atomic E-state index is 0.158. The van der Waals surface area contributed by atoms with Crippen LogP contribution in [0.3, 0.4) is 0 Å². The number of hydrogen-bond acceptors (Lipinski definition) is 4. The minimum atomic E-state index is -3.58. The van der Waals surface area contributed by atoms with Gasteiger partial charge in [0.15, 0.2) is 0 Å². The summed E-state index contributed by atoms with van der Waals surface area (Å²) in [5, 5.41) is 0.500. The Kier molecular flexibility index (Phi) is 6.19. The second-order valence-electron chi connectivity index (χ2n) is 6.65. The van der Waals surface area contributed by atoms with Gasteiger partial charge in [0, 0.05) is 17.5 Å². The molecule has 1 aliphatic carbocycles. The van der Waals surface area contributed by atoms with Crippen molar-refractivity contribution in [2.24, 2.45) is 0 Å². The lowest BCUT2D eigenvalue weighted by molar-refractivity contribution is -0.140. The molecule has 2 aromatic carbocycles. The van der Waals surface area contributed by atoms with Crippen LogP contribution in [0, 0.1) is 0 Å². The summed E-state index contributed by atoms with van der Waals surface area (Å²) in [4.78, 5) is 11.6. The number of ether oxygens (including phenoxy) is 1. The summed E-state index contributed by atoms with van der Waals surface area (Å²) >= 11 is 5.83. The van der Waals surface area contributed by atoms with E-state index in [2.05, 4.69) is 4.72 Å². The summed E-state index contributed by atoms with van der Waals surface area (Å²) < 4.78 is 32.7. The van der Waals surface area contributed by atoms with Crippen molar-refractivity contribution in [3.8, 4) is 0 Å². The zero-order chi connectivity index (χ0) is 19.4. The number of rotatable bonds is 6. The first-order valence-electron chi connectivity index (χ1n) is 8.83. The fraction of sp³-hybridized carbons (Fsp3) is 0.350. The predicted molar refractivity (Wildman–Crippen MR) is 104 cm³/mol. The first-order chi connectivity index (χ1) is 12.9. The average Bonchev–Trinajstić information content (AvgIpc) is 2.65. The van der Waals surface area contributed by atoms with Crippen molar-refractivity contribution in [2.45, 2.75) is 43.0 Å². The van der Waals surface area contributed by atoms with Crippen LogP contribution in [-0.4, -0.2) is 27.5 Å². The van der Waals surface area contributed by atoms with Gasteiger partial charge in [-0.05, 0) is 66.6 Å². The zero-order valence-corrected chi connectivity index (χ0v) is 16.6. The minimum Gasteiger partial charge on any atom is -0.469 e. The van der Waals surface area contributed by atoms with Crippen LogP contribution in [0.5, 0.6) is 0 Å². The molecule has 1 atom stereocenters. The van der Waals surface area contributed by atoms with Crippen molar-refractivity contribution >= 4 is 27.6 Å². The first kappa shape index (κ1) is 19.9. The smallest absolute Gasteiger partial charge is 0.305 e. The van der Waals surface area contributed by atoms with Crippen molar-refractivity contribution in [3.05, 3.63) is 64.2 Å². The normalized spacial score (nSPS) is 16.6. The monoisotopic (exact) mass is 407 g/mol. The van der Waals surface area contributed by atoms with Gasteiger partial charge in [-0.3, -0.25) is 4.79 Å². The largest absolute Gasteiger partial charge is 0.469 e. The molecule has 27 heavy (non-hydrogen) atoms. The number of sulfonamides is 1. The number of carbonyl (C=O) groups excluding carboxylic acids is 1. The Bertz CT molecular complexity index is 925. The quantitative estimate of drug-likeness (QED) is 0.746. The zero-order valence-electron chi connectivity index (χ0n) is 15.1. The topological polar surface area (TPSA) is 72.5 Å². The van der Waals surface area contributed by atoms with Crippen LogP contribution in [0.1, 0.15) is 29.5 Å². The lowest BCUT2D eigenvalue weighted by Gasteiger charge is -2.27. The maximum absolute atomic E-state index is 12.6. The van der Waals surface area contributed by atoms with Crippen LogP contribution in [0.15, 0.2) is 47.4 Å². The first-order valence-corrected chi connectivity index (χ1v) is 10.7. The van der Waals surface area contributed by atoms with Crippen LogP contribution in [0.25, 0.3) is 0 Å². The van der Waals surface area contributed by atoms with Gasteiger partial charge in [-0.15, -0.1) is 0 Å². The Morgan fingerprint density at radius 1 is 1.22 bits per heavy atom. The van der Waals surface area contributed by atoms with Gasteiger partial charge in [-0.25, -0.2) is 13.1 Å². The Morgan fingerprint density at radius 3 is 2.67 bits per heavy atom. The molecule has 0 spiro atoms. The Hall–Kier alpha value is -1.89. The Labute approximate surface area is 164 Å². The molecule has 0 aromatic heterocycles. The summed E-state index contributed by atoms with van der Waals surface area (Å²) in [6.45, 7) is 0. The van der Waals surface area contributed by atoms with Crippen LogP contribution in [0.2, 0.25) is 5.02 Å². The standard InChI is InChI=1S/C20H22ClNO4S/c1-26-20(23)12-5-14-3-2-4-15-13-17(8-11-19(14)15)22-27(24,25)18-9-6-16(21)7-10-18/h2-4,6-7,9-10,17,22H,5,8,11-13H2,1H3. The molecule has 0 radical (unpaired) electrons. The van der Waals surface area contributed by atoms with Gasteiger partial charge in [0.2, 0.25) is 10.0 Å². The number of aryl methyl sites for hydroxylation is 1. The third-order valence-electron chi connectivity index (χ3n) is 4.85. The molecule has 2 aromatic rings. The number of benzene rings is 2. The molecule has 0 amide bonds. The molecule has 7 heteroatoms. The molecule has 3 rings (SSSR count). The van der Waals surface area contributed by atoms with Gasteiger partial charge in [-0.1, -0.05) is 29.8 Å². The van der Waals surface area contributed by atoms with E-state index in [0.29, 0.717) is 24.3 Å². The predicted octanol–water partition coefficient (Wildman–Crippen LogP) is 3.28. The highest BCUT2D eigenvalue weighted by Crippen LogP contribution is 2.27. The van der Waals surface area contributed by atoms with E-state index in [-0.39, 0.29) is 16.9 Å². The van der Waals surface area contributed by atoms with Crippen LogP contribution >= 0.6 is 11.6 Å². The van der Waals surface area contributed by atoms with Crippen molar-refractivity contribution in [1.29, 1.82) is 0 Å². The van der Waals surface area contributed by atoms with E-state index in [9.17, 15) is 13.2 Å². The van der Waals surface area contributed by atoms with Gasteiger partial charge in [-0.2, -0.15) is 0 Å². The molecular weight excluding hydrogens is 386 g/mol. The molecule has 0 bridgehead atoms. The highest BCUT2D eigenvalue weighted by Gasteiger charge is 2.25. The molecule has 0 aliphatic heterocycles. The Morgan fingerprint density at radius 2 is 1.96 bits per heavy atom. The molecular formula is C20H22ClNO4S. The maximum atomic E-state index is 12.6. The summed E-state index contributed by atoms with van der Waals surface area (Å²) in [5.41, 5.74) is 3.49. The van der Waals surface area contributed by atoms with Gasteiger partial charge in [0.05, 0.1) is 12.0 Å². The van der Waals surface area contributed by atoms with E-state index >= 15 is 0 Å². The molecule has 144 valence electrons. The summed E-state index contributed by atoms with van der Waals surface area (Å²) in [7, 11) is -2.19. The number of esters is 1. The van der Waals surface area contributed by atoms with E-state index < -0.39 is 10.0 Å². The molecule has 1 N–H and O–H groups in total. The van der Waals surface area contributed by atoms with E-state index in [1.54, 1.807) is 12.1 Å². The molecule has 5 nitrogen and oxygen atoms in total.